The minimum absolute atomic E-state index is 0. The average Bonchev–Trinajstić information content (AvgIpc) is 2.65. The molecule has 0 saturated carbocycles. The second-order valence-corrected chi connectivity index (χ2v) is 5.57. The monoisotopic (exact) mass is 507 g/mol. The Morgan fingerprint density at radius 2 is 1.86 bits per heavy atom. The first-order valence-electron chi connectivity index (χ1n) is 8.43. The molecule has 154 valence electrons. The molecular weight excluding hydrogens is 483 g/mol. The summed E-state index contributed by atoms with van der Waals surface area (Å²) in [6.07, 6.45) is 0. The van der Waals surface area contributed by atoms with Gasteiger partial charge in [0, 0.05) is 18.7 Å². The van der Waals surface area contributed by atoms with E-state index in [0.717, 1.165) is 5.56 Å². The topological polar surface area (TPSA) is 75.1 Å². The zero-order valence-corrected chi connectivity index (χ0v) is 17.9. The van der Waals surface area contributed by atoms with Crippen molar-refractivity contribution >= 4 is 29.9 Å². The van der Waals surface area contributed by atoms with Crippen LogP contribution in [0, 0.1) is 0 Å². The lowest BCUT2D eigenvalue weighted by atomic mass is 10.2. The fourth-order valence-corrected chi connectivity index (χ4v) is 2.32. The highest BCUT2D eigenvalue weighted by atomic mass is 127. The number of aromatic hydroxyl groups is 1. The van der Waals surface area contributed by atoms with Crippen molar-refractivity contribution in [3.63, 3.8) is 0 Å². The van der Waals surface area contributed by atoms with E-state index in [4.69, 9.17) is 4.74 Å². The van der Waals surface area contributed by atoms with Crippen LogP contribution in [-0.2, 0) is 13.1 Å². The molecule has 0 aliphatic carbocycles. The van der Waals surface area contributed by atoms with E-state index in [1.54, 1.807) is 36.4 Å². The molecule has 0 spiro atoms. The van der Waals surface area contributed by atoms with Crippen LogP contribution >= 0.6 is 24.0 Å². The Morgan fingerprint density at radius 3 is 2.46 bits per heavy atom. The number of phenols is 1. The number of ether oxygens (including phenoxy) is 2. The number of guanidine groups is 1. The van der Waals surface area contributed by atoms with Crippen molar-refractivity contribution in [2.24, 2.45) is 4.99 Å². The number of rotatable bonds is 8. The highest BCUT2D eigenvalue weighted by molar-refractivity contribution is 14.0. The Morgan fingerprint density at radius 1 is 1.14 bits per heavy atom. The summed E-state index contributed by atoms with van der Waals surface area (Å²) in [7, 11) is 1.50. The SMILES string of the molecule is CCNC(=NCc1ccc(O)cc1)NCc1cc(OC)ccc1OC(F)F.I. The number of nitrogens with one attached hydrogen (secondary N) is 2. The van der Waals surface area contributed by atoms with E-state index in [-0.39, 0.29) is 42.0 Å². The van der Waals surface area contributed by atoms with Gasteiger partial charge in [0.05, 0.1) is 13.7 Å². The maximum Gasteiger partial charge on any atom is 0.387 e. The van der Waals surface area contributed by atoms with Gasteiger partial charge in [0.25, 0.3) is 0 Å². The maximum absolute atomic E-state index is 12.6. The molecule has 0 aromatic heterocycles. The molecule has 2 aromatic rings. The Hall–Kier alpha value is -2.30. The summed E-state index contributed by atoms with van der Waals surface area (Å²) in [6.45, 7) is 0.275. The zero-order valence-electron chi connectivity index (χ0n) is 15.6. The second kappa shape index (κ2) is 12.2. The number of alkyl halides is 2. The molecule has 0 heterocycles. The van der Waals surface area contributed by atoms with Crippen LogP contribution in [0.3, 0.4) is 0 Å². The molecule has 3 N–H and O–H groups in total. The molecule has 0 fully saturated rings. The van der Waals surface area contributed by atoms with Gasteiger partial charge in [-0.05, 0) is 42.8 Å². The molecule has 0 radical (unpaired) electrons. The third kappa shape index (κ3) is 7.75. The Balaban J connectivity index is 0.00000392. The van der Waals surface area contributed by atoms with Crippen LogP contribution < -0.4 is 20.1 Å². The number of methoxy groups -OCH3 is 1. The molecule has 0 bridgehead atoms. The number of nitrogens with zero attached hydrogens (tertiary/aromatic N) is 1. The van der Waals surface area contributed by atoms with Gasteiger partial charge in [0.2, 0.25) is 0 Å². The first kappa shape index (κ1) is 23.7. The largest absolute Gasteiger partial charge is 0.508 e. The van der Waals surface area contributed by atoms with E-state index in [9.17, 15) is 13.9 Å². The lowest BCUT2D eigenvalue weighted by Crippen LogP contribution is -2.36. The zero-order chi connectivity index (χ0) is 19.6. The van der Waals surface area contributed by atoms with Crippen LogP contribution in [0.1, 0.15) is 18.1 Å². The van der Waals surface area contributed by atoms with Gasteiger partial charge in [0.15, 0.2) is 5.96 Å². The second-order valence-electron chi connectivity index (χ2n) is 5.57. The van der Waals surface area contributed by atoms with Crippen LogP contribution in [0.25, 0.3) is 0 Å². The Labute approximate surface area is 180 Å². The fourth-order valence-electron chi connectivity index (χ4n) is 2.32. The summed E-state index contributed by atoms with van der Waals surface area (Å²) in [5, 5.41) is 15.5. The summed E-state index contributed by atoms with van der Waals surface area (Å²) in [4.78, 5) is 4.45. The first-order chi connectivity index (χ1) is 13.0. The van der Waals surface area contributed by atoms with E-state index < -0.39 is 6.61 Å². The third-order valence-electron chi connectivity index (χ3n) is 3.63. The van der Waals surface area contributed by atoms with Crippen molar-refractivity contribution in [1.82, 2.24) is 10.6 Å². The summed E-state index contributed by atoms with van der Waals surface area (Å²) >= 11 is 0. The standard InChI is InChI=1S/C19H23F2N3O3.HI/c1-3-22-19(23-11-13-4-6-15(25)7-5-13)24-12-14-10-16(26-2)8-9-17(14)27-18(20)21;/h4-10,18,25H,3,11-12H2,1-2H3,(H2,22,23,24);1H. The van der Waals surface area contributed by atoms with Gasteiger partial charge in [-0.15, -0.1) is 24.0 Å². The molecule has 0 amide bonds. The molecule has 0 aliphatic rings. The Kier molecular flexibility index (Phi) is 10.4. The molecular formula is C19H24F2IN3O3. The molecule has 0 atom stereocenters. The summed E-state index contributed by atoms with van der Waals surface area (Å²) in [5.41, 5.74) is 1.44. The number of benzene rings is 2. The maximum atomic E-state index is 12.6. The van der Waals surface area contributed by atoms with Gasteiger partial charge in [-0.2, -0.15) is 8.78 Å². The lowest BCUT2D eigenvalue weighted by Gasteiger charge is -2.15. The van der Waals surface area contributed by atoms with Crippen LogP contribution in [-0.4, -0.2) is 31.3 Å². The smallest absolute Gasteiger partial charge is 0.387 e. The number of aliphatic imine (C=N–C) groups is 1. The molecule has 2 rings (SSSR count). The van der Waals surface area contributed by atoms with Crippen LogP contribution in [0.2, 0.25) is 0 Å². The highest BCUT2D eigenvalue weighted by Gasteiger charge is 2.11. The van der Waals surface area contributed by atoms with Crippen LogP contribution in [0.5, 0.6) is 17.2 Å². The van der Waals surface area contributed by atoms with Gasteiger partial charge >= 0.3 is 6.61 Å². The van der Waals surface area contributed by atoms with Crippen LogP contribution in [0.15, 0.2) is 47.5 Å². The van der Waals surface area contributed by atoms with E-state index >= 15 is 0 Å². The third-order valence-corrected chi connectivity index (χ3v) is 3.63. The highest BCUT2D eigenvalue weighted by Crippen LogP contribution is 2.25. The summed E-state index contributed by atoms with van der Waals surface area (Å²) < 4.78 is 34.9. The molecule has 28 heavy (non-hydrogen) atoms. The van der Waals surface area contributed by atoms with Gasteiger partial charge in [-0.3, -0.25) is 0 Å². The predicted molar refractivity (Wildman–Crippen MR) is 115 cm³/mol. The number of halogens is 3. The lowest BCUT2D eigenvalue weighted by molar-refractivity contribution is -0.0504. The minimum Gasteiger partial charge on any atom is -0.508 e. The van der Waals surface area contributed by atoms with E-state index in [1.165, 1.54) is 13.2 Å². The quantitative estimate of drug-likeness (QED) is 0.288. The summed E-state index contributed by atoms with van der Waals surface area (Å²) in [6, 6.07) is 11.4. The molecule has 0 saturated heterocycles. The van der Waals surface area contributed by atoms with Gasteiger partial charge in [-0.25, -0.2) is 4.99 Å². The van der Waals surface area contributed by atoms with Crippen molar-refractivity contribution in [3.8, 4) is 17.2 Å². The summed E-state index contributed by atoms with van der Waals surface area (Å²) in [5.74, 6) is 1.33. The van der Waals surface area contributed by atoms with Crippen molar-refractivity contribution in [2.45, 2.75) is 26.6 Å². The van der Waals surface area contributed by atoms with Gasteiger partial charge in [0.1, 0.15) is 17.2 Å². The molecule has 0 unspecified atom stereocenters. The molecule has 6 nitrogen and oxygen atoms in total. The van der Waals surface area contributed by atoms with Gasteiger partial charge < -0.3 is 25.2 Å². The van der Waals surface area contributed by atoms with Crippen molar-refractivity contribution in [1.29, 1.82) is 0 Å². The van der Waals surface area contributed by atoms with E-state index in [2.05, 4.69) is 20.4 Å². The Bertz CT molecular complexity index is 759. The first-order valence-corrected chi connectivity index (χ1v) is 8.43. The fraction of sp³-hybridized carbons (Fsp3) is 0.316. The molecule has 0 aliphatic heterocycles. The van der Waals surface area contributed by atoms with E-state index in [0.29, 0.717) is 30.4 Å². The molecule has 9 heteroatoms. The average molecular weight is 507 g/mol. The van der Waals surface area contributed by atoms with Gasteiger partial charge in [-0.1, -0.05) is 12.1 Å². The van der Waals surface area contributed by atoms with Crippen molar-refractivity contribution in [2.75, 3.05) is 13.7 Å². The minimum atomic E-state index is -2.91. The number of hydrogen-bond acceptors (Lipinski definition) is 4. The normalized spacial score (nSPS) is 11.0. The molecule has 2 aromatic carbocycles. The predicted octanol–water partition coefficient (Wildman–Crippen LogP) is 3.88. The van der Waals surface area contributed by atoms with E-state index in [1.807, 2.05) is 6.92 Å². The van der Waals surface area contributed by atoms with Crippen LogP contribution in [0.4, 0.5) is 8.78 Å². The van der Waals surface area contributed by atoms with Crippen molar-refractivity contribution < 1.29 is 23.4 Å². The van der Waals surface area contributed by atoms with Crippen molar-refractivity contribution in [3.05, 3.63) is 53.6 Å². The number of phenolic OH excluding ortho intramolecular Hbond substituents is 1. The number of hydrogen-bond donors (Lipinski definition) is 3.